The van der Waals surface area contributed by atoms with Crippen LogP contribution in [0.1, 0.15) is 37.2 Å². The smallest absolute Gasteiger partial charge is 0.0615 e. The molecule has 1 aliphatic carbocycles. The van der Waals surface area contributed by atoms with Crippen LogP contribution in [0, 0.1) is 0 Å². The van der Waals surface area contributed by atoms with Crippen LogP contribution in [0.25, 0.3) is 0 Å². The molecule has 0 aromatic heterocycles. The molecule has 1 saturated heterocycles. The van der Waals surface area contributed by atoms with Gasteiger partial charge in [-0.2, -0.15) is 0 Å². The summed E-state index contributed by atoms with van der Waals surface area (Å²) in [6, 6.07) is 10.8. The second-order valence-electron chi connectivity index (χ2n) is 5.60. The van der Waals surface area contributed by atoms with Gasteiger partial charge in [0.2, 0.25) is 0 Å². The van der Waals surface area contributed by atoms with Crippen LogP contribution in [-0.2, 0) is 0 Å². The molecule has 1 N–H and O–H groups in total. The summed E-state index contributed by atoms with van der Waals surface area (Å²) in [5, 5.41) is 9.67. The Bertz CT molecular complexity index is 364. The van der Waals surface area contributed by atoms with E-state index in [2.05, 4.69) is 35.2 Å². The minimum absolute atomic E-state index is 0.130. The van der Waals surface area contributed by atoms with Crippen molar-refractivity contribution in [3.8, 4) is 0 Å². The van der Waals surface area contributed by atoms with Crippen molar-refractivity contribution in [2.24, 2.45) is 0 Å². The van der Waals surface area contributed by atoms with Crippen LogP contribution in [0.3, 0.4) is 0 Å². The van der Waals surface area contributed by atoms with E-state index in [1.54, 1.807) is 0 Å². The van der Waals surface area contributed by atoms with Crippen LogP contribution >= 0.6 is 0 Å². The van der Waals surface area contributed by atoms with Gasteiger partial charge in [0.15, 0.2) is 0 Å². The Labute approximate surface area is 103 Å². The molecule has 2 heteroatoms. The molecule has 1 aromatic rings. The summed E-state index contributed by atoms with van der Waals surface area (Å²) in [7, 11) is 0. The standard InChI is InChI=1S/C15H21NO/c17-12-15(8-4-5-9-15)16-10-14(11-16)13-6-2-1-3-7-13/h1-3,6-7,14,17H,4-5,8-12H2. The van der Waals surface area contributed by atoms with Gasteiger partial charge in [-0.25, -0.2) is 0 Å². The Morgan fingerprint density at radius 2 is 1.76 bits per heavy atom. The van der Waals surface area contributed by atoms with Crippen molar-refractivity contribution in [2.45, 2.75) is 37.1 Å². The predicted molar refractivity (Wildman–Crippen MR) is 69.0 cm³/mol. The zero-order valence-electron chi connectivity index (χ0n) is 10.3. The molecule has 17 heavy (non-hydrogen) atoms. The fraction of sp³-hybridized carbons (Fsp3) is 0.600. The molecule has 1 heterocycles. The minimum atomic E-state index is 0.130. The van der Waals surface area contributed by atoms with E-state index >= 15 is 0 Å². The number of likely N-dealkylation sites (tertiary alicyclic amines) is 1. The van der Waals surface area contributed by atoms with E-state index in [-0.39, 0.29) is 5.54 Å². The molecular formula is C15H21NO. The van der Waals surface area contributed by atoms with E-state index < -0.39 is 0 Å². The third-order valence-corrected chi connectivity index (χ3v) is 4.65. The number of hydrogen-bond acceptors (Lipinski definition) is 2. The number of hydrogen-bond donors (Lipinski definition) is 1. The van der Waals surface area contributed by atoms with Crippen LogP contribution in [0.15, 0.2) is 30.3 Å². The summed E-state index contributed by atoms with van der Waals surface area (Å²) in [5.74, 6) is 0.681. The van der Waals surface area contributed by atoms with Gasteiger partial charge in [-0.15, -0.1) is 0 Å². The van der Waals surface area contributed by atoms with E-state index in [1.165, 1.54) is 31.2 Å². The maximum Gasteiger partial charge on any atom is 0.0615 e. The highest BCUT2D eigenvalue weighted by Crippen LogP contribution is 2.41. The maximum atomic E-state index is 9.67. The lowest BCUT2D eigenvalue weighted by molar-refractivity contribution is -0.0218. The van der Waals surface area contributed by atoms with Gasteiger partial charge in [0.1, 0.15) is 0 Å². The summed E-state index contributed by atoms with van der Waals surface area (Å²) in [6.07, 6.45) is 4.94. The van der Waals surface area contributed by atoms with Crippen molar-refractivity contribution in [1.82, 2.24) is 4.90 Å². The van der Waals surface area contributed by atoms with Gasteiger partial charge in [-0.05, 0) is 18.4 Å². The Hall–Kier alpha value is -0.860. The average Bonchev–Trinajstić information content (AvgIpc) is 2.78. The third kappa shape index (κ3) is 1.90. The van der Waals surface area contributed by atoms with Crippen molar-refractivity contribution in [1.29, 1.82) is 0 Å². The lowest BCUT2D eigenvalue weighted by atomic mass is 9.84. The number of benzene rings is 1. The summed E-state index contributed by atoms with van der Waals surface area (Å²) in [4.78, 5) is 2.51. The van der Waals surface area contributed by atoms with Crippen molar-refractivity contribution < 1.29 is 5.11 Å². The van der Waals surface area contributed by atoms with Gasteiger partial charge in [0.25, 0.3) is 0 Å². The Balaban J connectivity index is 1.64. The van der Waals surface area contributed by atoms with Gasteiger partial charge in [0, 0.05) is 24.5 Å². The molecule has 1 aromatic carbocycles. The zero-order valence-corrected chi connectivity index (χ0v) is 10.3. The highest BCUT2D eigenvalue weighted by molar-refractivity contribution is 5.23. The lowest BCUT2D eigenvalue weighted by Crippen LogP contribution is -2.59. The maximum absolute atomic E-state index is 9.67. The second-order valence-corrected chi connectivity index (χ2v) is 5.60. The molecular weight excluding hydrogens is 210 g/mol. The predicted octanol–water partition coefficient (Wildman–Crippen LogP) is 2.39. The topological polar surface area (TPSA) is 23.5 Å². The van der Waals surface area contributed by atoms with E-state index in [0.29, 0.717) is 12.5 Å². The lowest BCUT2D eigenvalue weighted by Gasteiger charge is -2.50. The van der Waals surface area contributed by atoms with Crippen molar-refractivity contribution in [2.75, 3.05) is 19.7 Å². The molecule has 2 aliphatic rings. The minimum Gasteiger partial charge on any atom is -0.394 e. The summed E-state index contributed by atoms with van der Waals surface area (Å²) in [5.41, 5.74) is 1.58. The highest BCUT2D eigenvalue weighted by Gasteiger charge is 2.45. The molecule has 0 unspecified atom stereocenters. The number of nitrogens with zero attached hydrogens (tertiary/aromatic N) is 1. The summed E-state index contributed by atoms with van der Waals surface area (Å²) >= 11 is 0. The van der Waals surface area contributed by atoms with Gasteiger partial charge in [-0.3, -0.25) is 4.90 Å². The van der Waals surface area contributed by atoms with Crippen LogP contribution < -0.4 is 0 Å². The van der Waals surface area contributed by atoms with Crippen molar-refractivity contribution >= 4 is 0 Å². The normalized spacial score (nSPS) is 24.8. The van der Waals surface area contributed by atoms with Crippen molar-refractivity contribution in [3.05, 3.63) is 35.9 Å². The first-order valence-electron chi connectivity index (χ1n) is 6.75. The van der Waals surface area contributed by atoms with Gasteiger partial charge in [0.05, 0.1) is 6.61 Å². The molecule has 1 saturated carbocycles. The number of rotatable bonds is 3. The fourth-order valence-electron chi connectivity index (χ4n) is 3.41. The molecule has 2 fully saturated rings. The first-order chi connectivity index (χ1) is 8.34. The molecule has 2 nitrogen and oxygen atoms in total. The summed E-state index contributed by atoms with van der Waals surface area (Å²) in [6.45, 7) is 2.60. The molecule has 0 atom stereocenters. The van der Waals surface area contributed by atoms with Crippen LogP contribution in [0.5, 0.6) is 0 Å². The number of aliphatic hydroxyl groups excluding tert-OH is 1. The Morgan fingerprint density at radius 3 is 2.35 bits per heavy atom. The van der Waals surface area contributed by atoms with Gasteiger partial charge < -0.3 is 5.11 Å². The molecule has 0 bridgehead atoms. The van der Waals surface area contributed by atoms with E-state index in [4.69, 9.17) is 0 Å². The molecule has 3 rings (SSSR count). The molecule has 1 aliphatic heterocycles. The van der Waals surface area contributed by atoms with E-state index in [0.717, 1.165) is 13.1 Å². The van der Waals surface area contributed by atoms with Gasteiger partial charge in [-0.1, -0.05) is 43.2 Å². The summed E-state index contributed by atoms with van der Waals surface area (Å²) < 4.78 is 0. The Morgan fingerprint density at radius 1 is 1.12 bits per heavy atom. The average molecular weight is 231 g/mol. The zero-order chi connectivity index (χ0) is 11.7. The SMILES string of the molecule is OCC1(N2CC(c3ccccc3)C2)CCCC1. The number of aliphatic hydroxyl groups is 1. The van der Waals surface area contributed by atoms with Gasteiger partial charge >= 0.3 is 0 Å². The quantitative estimate of drug-likeness (QED) is 0.863. The molecule has 0 spiro atoms. The largest absolute Gasteiger partial charge is 0.394 e. The van der Waals surface area contributed by atoms with E-state index in [9.17, 15) is 5.11 Å². The molecule has 92 valence electrons. The first-order valence-corrected chi connectivity index (χ1v) is 6.75. The molecule has 0 amide bonds. The highest BCUT2D eigenvalue weighted by atomic mass is 16.3. The fourth-order valence-corrected chi connectivity index (χ4v) is 3.41. The van der Waals surface area contributed by atoms with Crippen LogP contribution in [-0.4, -0.2) is 35.2 Å². The molecule has 0 radical (unpaired) electrons. The Kier molecular flexibility index (Phi) is 2.93. The van der Waals surface area contributed by atoms with Crippen LogP contribution in [0.4, 0.5) is 0 Å². The van der Waals surface area contributed by atoms with E-state index in [1.807, 2.05) is 0 Å². The first kappa shape index (κ1) is 11.2. The van der Waals surface area contributed by atoms with Crippen molar-refractivity contribution in [3.63, 3.8) is 0 Å². The second kappa shape index (κ2) is 4.43. The monoisotopic (exact) mass is 231 g/mol. The third-order valence-electron chi connectivity index (χ3n) is 4.65. The van der Waals surface area contributed by atoms with Crippen LogP contribution in [0.2, 0.25) is 0 Å².